The Hall–Kier alpha value is -8.92. The second kappa shape index (κ2) is 21.4. The SMILES string of the molecule is Cc1ccc(-c2[c-]cc(-c3ccccc3-c3cc(-c4ccccc4-c4c[c-]c(-c5ccccn5)cc4)cc(-c4ccccc4-c4c[c-]c(-c5ccccn5)cc4-c4ccc(-c5ccccc5)cc4)c3)cc2)nc1.[Ir+3]. The van der Waals surface area contributed by atoms with Crippen LogP contribution in [0, 0.1) is 25.1 Å². The molecule has 3 nitrogen and oxygen atoms in total. The predicted molar refractivity (Wildman–Crippen MR) is 301 cm³/mol. The van der Waals surface area contributed by atoms with Crippen molar-refractivity contribution >= 4 is 0 Å². The van der Waals surface area contributed by atoms with Crippen LogP contribution in [0.1, 0.15) is 5.56 Å². The summed E-state index contributed by atoms with van der Waals surface area (Å²) in [4.78, 5) is 14.0. The van der Waals surface area contributed by atoms with Crippen LogP contribution in [0.3, 0.4) is 0 Å². The van der Waals surface area contributed by atoms with Gasteiger partial charge in [-0.15, -0.1) is 83.4 Å². The molecule has 0 spiro atoms. The zero-order valence-corrected chi connectivity index (χ0v) is 42.9. The average molecular weight is 1120 g/mol. The van der Waals surface area contributed by atoms with E-state index < -0.39 is 0 Å². The van der Waals surface area contributed by atoms with Crippen LogP contribution in [-0.2, 0) is 20.1 Å². The molecule has 4 heteroatoms. The van der Waals surface area contributed by atoms with Gasteiger partial charge in [0.05, 0.1) is 0 Å². The molecule has 0 radical (unpaired) electrons. The fraction of sp³-hybridized carbons (Fsp3) is 0.0143. The van der Waals surface area contributed by atoms with Gasteiger partial charge in [0.25, 0.3) is 0 Å². The Morgan fingerprint density at radius 3 is 1.18 bits per heavy atom. The Labute approximate surface area is 447 Å². The summed E-state index contributed by atoms with van der Waals surface area (Å²) in [5, 5.41) is 0. The normalized spacial score (nSPS) is 10.9. The molecule has 12 aromatic rings. The summed E-state index contributed by atoms with van der Waals surface area (Å²) in [6.45, 7) is 2.06. The van der Waals surface area contributed by atoms with Gasteiger partial charge < -0.3 is 15.0 Å². The Bertz CT molecular complexity index is 3860. The van der Waals surface area contributed by atoms with Crippen molar-refractivity contribution in [1.29, 1.82) is 0 Å². The molecule has 0 saturated heterocycles. The molecule has 0 bridgehead atoms. The van der Waals surface area contributed by atoms with Crippen molar-refractivity contribution in [1.82, 2.24) is 15.0 Å². The molecule has 0 amide bonds. The zero-order chi connectivity index (χ0) is 48.9. The summed E-state index contributed by atoms with van der Waals surface area (Å²) in [5.74, 6) is 0. The number of pyridine rings is 3. The molecule has 12 rings (SSSR count). The maximum Gasteiger partial charge on any atom is 3.00 e. The number of aromatic nitrogens is 3. The van der Waals surface area contributed by atoms with E-state index in [9.17, 15) is 0 Å². The second-order valence-electron chi connectivity index (χ2n) is 18.2. The maximum absolute atomic E-state index is 4.74. The van der Waals surface area contributed by atoms with Crippen molar-refractivity contribution in [2.24, 2.45) is 0 Å². The molecule has 0 aliphatic heterocycles. The zero-order valence-electron chi connectivity index (χ0n) is 40.5. The van der Waals surface area contributed by atoms with E-state index >= 15 is 0 Å². The first kappa shape index (κ1) is 47.4. The molecule has 0 fully saturated rings. The van der Waals surface area contributed by atoms with Crippen LogP contribution in [0.4, 0.5) is 0 Å². The summed E-state index contributed by atoms with van der Waals surface area (Å²) in [5.41, 5.74) is 24.4. The Morgan fingerprint density at radius 1 is 0.270 bits per heavy atom. The van der Waals surface area contributed by atoms with E-state index in [2.05, 4.69) is 241 Å². The van der Waals surface area contributed by atoms with Crippen LogP contribution in [0.5, 0.6) is 0 Å². The van der Waals surface area contributed by atoms with Crippen molar-refractivity contribution in [3.05, 3.63) is 285 Å². The summed E-state index contributed by atoms with van der Waals surface area (Å²) >= 11 is 0. The van der Waals surface area contributed by atoms with E-state index in [1.54, 1.807) is 0 Å². The van der Waals surface area contributed by atoms with Gasteiger partial charge in [-0.3, -0.25) is 0 Å². The monoisotopic (exact) mass is 1120 g/mol. The Kier molecular flexibility index (Phi) is 13.7. The molecular formula is C70H46IrN3. The van der Waals surface area contributed by atoms with Gasteiger partial charge in [0, 0.05) is 18.6 Å². The number of hydrogen-bond acceptors (Lipinski definition) is 3. The van der Waals surface area contributed by atoms with Crippen molar-refractivity contribution in [2.75, 3.05) is 0 Å². The van der Waals surface area contributed by atoms with Crippen LogP contribution in [-0.4, -0.2) is 15.0 Å². The van der Waals surface area contributed by atoms with Gasteiger partial charge in [-0.25, -0.2) is 0 Å². The fourth-order valence-electron chi connectivity index (χ4n) is 9.79. The van der Waals surface area contributed by atoms with Crippen molar-refractivity contribution in [3.63, 3.8) is 0 Å². The second-order valence-corrected chi connectivity index (χ2v) is 18.2. The Morgan fingerprint density at radius 2 is 0.689 bits per heavy atom. The van der Waals surface area contributed by atoms with Gasteiger partial charge in [-0.1, -0.05) is 203 Å². The summed E-state index contributed by atoms with van der Waals surface area (Å²) in [7, 11) is 0. The summed E-state index contributed by atoms with van der Waals surface area (Å²) in [6.07, 6.45) is 5.57. The molecule has 0 N–H and O–H groups in total. The van der Waals surface area contributed by atoms with Crippen LogP contribution in [0.25, 0.3) is 123 Å². The number of benzene rings is 9. The van der Waals surface area contributed by atoms with Gasteiger partial charge in [-0.05, 0) is 110 Å². The number of hydrogen-bond donors (Lipinski definition) is 0. The van der Waals surface area contributed by atoms with E-state index in [1.807, 2.05) is 55.0 Å². The minimum atomic E-state index is 0. The molecule has 9 aromatic carbocycles. The predicted octanol–water partition coefficient (Wildman–Crippen LogP) is 17.9. The van der Waals surface area contributed by atoms with Gasteiger partial charge >= 0.3 is 20.1 Å². The van der Waals surface area contributed by atoms with Crippen LogP contribution in [0.2, 0.25) is 0 Å². The topological polar surface area (TPSA) is 38.7 Å². The van der Waals surface area contributed by atoms with E-state index in [0.717, 1.165) is 117 Å². The third-order valence-electron chi connectivity index (χ3n) is 13.5. The Balaban J connectivity index is 0.00000588. The van der Waals surface area contributed by atoms with Gasteiger partial charge in [0.15, 0.2) is 0 Å². The largest absolute Gasteiger partial charge is 3.00 e. The standard InChI is InChI=1S/C70H46N3.Ir/c1-48-25-40-70(73-47-48)55-36-32-52(33-37-55)61-18-6-8-20-63(61)58-43-57(62-19-7-5-17-60(62)51-30-34-54(35-31-51)68-23-11-13-41-71-68)44-59(45-58)64-21-9-10-22-65(64)66-39-38-56(69-24-12-14-42-72-69)46-67(66)53-28-26-50(27-29-53)49-15-3-2-4-16-49;/h2-34,36,39-47H,1H3;/q-3;+3. The smallest absolute Gasteiger partial charge is 0.305 e. The fourth-order valence-corrected chi connectivity index (χ4v) is 9.79. The molecular weight excluding hydrogens is 1080 g/mol. The molecule has 3 heterocycles. The number of rotatable bonds is 11. The van der Waals surface area contributed by atoms with E-state index in [4.69, 9.17) is 4.98 Å². The summed E-state index contributed by atoms with van der Waals surface area (Å²) < 4.78 is 0. The van der Waals surface area contributed by atoms with Crippen molar-refractivity contribution in [3.8, 4) is 123 Å². The average Bonchev–Trinajstić information content (AvgIpc) is 3.48. The molecule has 0 aliphatic rings. The number of aryl methyl sites for hydroxylation is 1. The van der Waals surface area contributed by atoms with Crippen molar-refractivity contribution in [2.45, 2.75) is 6.92 Å². The number of nitrogens with zero attached hydrogens (tertiary/aromatic N) is 3. The molecule has 3 aromatic heterocycles. The first-order chi connectivity index (χ1) is 36.1. The molecule has 0 unspecified atom stereocenters. The third-order valence-corrected chi connectivity index (χ3v) is 13.5. The molecule has 0 saturated carbocycles. The van der Waals surface area contributed by atoms with Crippen molar-refractivity contribution < 1.29 is 20.1 Å². The van der Waals surface area contributed by atoms with Crippen LogP contribution in [0.15, 0.2) is 261 Å². The van der Waals surface area contributed by atoms with E-state index in [1.165, 1.54) is 11.1 Å². The molecule has 0 atom stereocenters. The summed E-state index contributed by atoms with van der Waals surface area (Å²) in [6, 6.07) is 96.8. The first-order valence-corrected chi connectivity index (χ1v) is 24.5. The van der Waals surface area contributed by atoms with E-state index in [0.29, 0.717) is 0 Å². The quantitative estimate of drug-likeness (QED) is 0.121. The molecule has 350 valence electrons. The third kappa shape index (κ3) is 9.85. The van der Waals surface area contributed by atoms with Gasteiger partial charge in [-0.2, -0.15) is 0 Å². The first-order valence-electron chi connectivity index (χ1n) is 24.5. The molecule has 74 heavy (non-hydrogen) atoms. The van der Waals surface area contributed by atoms with E-state index in [-0.39, 0.29) is 20.1 Å². The molecule has 0 aliphatic carbocycles. The van der Waals surface area contributed by atoms with Crippen LogP contribution < -0.4 is 0 Å². The minimum Gasteiger partial charge on any atom is -0.305 e. The minimum absolute atomic E-state index is 0. The van der Waals surface area contributed by atoms with Crippen LogP contribution >= 0.6 is 0 Å². The van der Waals surface area contributed by atoms with Gasteiger partial charge in [0.1, 0.15) is 0 Å². The van der Waals surface area contributed by atoms with Gasteiger partial charge in [0.2, 0.25) is 0 Å². The maximum atomic E-state index is 4.74.